The first-order chi connectivity index (χ1) is 38.6. The van der Waals surface area contributed by atoms with Crippen LogP contribution in [0.5, 0.6) is 0 Å². The van der Waals surface area contributed by atoms with E-state index < -0.39 is 0 Å². The molecular formula is C66H61Br6N9. The number of halogens is 6. The molecule has 9 aromatic rings. The molecule has 0 aliphatic carbocycles. The molecule has 9 nitrogen and oxygen atoms in total. The fourth-order valence-electron chi connectivity index (χ4n) is 11.8. The predicted molar refractivity (Wildman–Crippen MR) is 355 cm³/mol. The Morgan fingerprint density at radius 2 is 0.728 bits per heavy atom. The standard InChI is InChI=1S/C18H17Br2N5.C18H16Br2N2.C15H13Br2N.C15H15N/c1-18(2)13-9-11(19)3-5-15(13)25(8-7-17-21-23-24-22-17)16-6-4-12(20)10-14(16)18;1-18(2)14-10-12(19)4-6-16(14)22(9-3-8-21)17-7-5-13(20)11-15(17)18;1-15(2)11-7-9(16)3-5-13(11)18-14-6-4-10(17)8-12(14)15;1-15(2)11-7-3-5-9-13(11)16-14-10-6-4-8-12(14)15/h3-6,9-10H,7-8H2,1-2H3,(H,21,22,23,24);4-7,10-11H,3,9H2,1-2H3;3-8,18H,1-2H3;3-10,16H,1-2H3. The Hall–Kier alpha value is -5.60. The molecule has 1 aromatic heterocycles. The van der Waals surface area contributed by atoms with Crippen molar-refractivity contribution in [3.05, 3.63) is 235 Å². The van der Waals surface area contributed by atoms with E-state index in [4.69, 9.17) is 5.26 Å². The molecule has 412 valence electrons. The van der Waals surface area contributed by atoms with Gasteiger partial charge in [-0.15, -0.1) is 10.2 Å². The van der Waals surface area contributed by atoms with Crippen molar-refractivity contribution in [2.45, 2.75) is 89.9 Å². The van der Waals surface area contributed by atoms with Crippen molar-refractivity contribution in [1.29, 1.82) is 5.26 Å². The molecule has 15 heteroatoms. The molecule has 4 aliphatic rings. The Labute approximate surface area is 526 Å². The summed E-state index contributed by atoms with van der Waals surface area (Å²) in [5, 5.41) is 30.3. The number of fused-ring (bicyclic) bond motifs is 8. The Morgan fingerprint density at radius 1 is 0.407 bits per heavy atom. The van der Waals surface area contributed by atoms with E-state index in [1.807, 2.05) is 0 Å². The second-order valence-corrected chi connectivity index (χ2v) is 28.2. The summed E-state index contributed by atoms with van der Waals surface area (Å²) in [7, 11) is 0. The summed E-state index contributed by atoms with van der Waals surface area (Å²) in [6.07, 6.45) is 1.23. The molecule has 0 radical (unpaired) electrons. The molecule has 0 fully saturated rings. The lowest BCUT2D eigenvalue weighted by Gasteiger charge is -2.42. The van der Waals surface area contributed by atoms with Crippen LogP contribution in [0.15, 0.2) is 185 Å². The minimum absolute atomic E-state index is 0.00345. The number of aromatic nitrogens is 4. The van der Waals surface area contributed by atoms with Crippen LogP contribution in [-0.2, 0) is 28.1 Å². The van der Waals surface area contributed by atoms with Crippen LogP contribution in [0.3, 0.4) is 0 Å². The van der Waals surface area contributed by atoms with Gasteiger partial charge in [0.2, 0.25) is 0 Å². The van der Waals surface area contributed by atoms with Crippen molar-refractivity contribution in [2.75, 3.05) is 33.5 Å². The monoisotopic (exact) mass is 1450 g/mol. The van der Waals surface area contributed by atoms with Gasteiger partial charge < -0.3 is 20.4 Å². The summed E-state index contributed by atoms with van der Waals surface area (Å²) in [4.78, 5) is 4.61. The SMILES string of the molecule is CC1(C)c2cc(Br)ccc2N(CCC#N)c2ccc(Br)cc21.CC1(C)c2cc(Br)ccc2N(CCc2nn[nH]n2)c2ccc(Br)cc21.CC1(C)c2cc(Br)ccc2Nc2ccc(Br)cc21.CC1(C)c2ccccc2Nc2ccccc21. The van der Waals surface area contributed by atoms with Gasteiger partial charge in [-0.3, -0.25) is 0 Å². The molecule has 3 N–H and O–H groups in total. The van der Waals surface area contributed by atoms with Crippen molar-refractivity contribution >= 4 is 141 Å². The second kappa shape index (κ2) is 23.6. The average Bonchev–Trinajstić information content (AvgIpc) is 3.99. The van der Waals surface area contributed by atoms with E-state index in [1.165, 1.54) is 90.0 Å². The van der Waals surface area contributed by atoms with E-state index in [-0.39, 0.29) is 21.7 Å². The molecule has 81 heavy (non-hydrogen) atoms. The van der Waals surface area contributed by atoms with Gasteiger partial charge in [0, 0.05) is 114 Å². The zero-order chi connectivity index (χ0) is 57.6. The summed E-state index contributed by atoms with van der Waals surface area (Å²) in [5.74, 6) is 0.724. The Balaban J connectivity index is 0.000000123. The van der Waals surface area contributed by atoms with E-state index in [0.717, 1.165) is 45.6 Å². The molecule has 0 bridgehead atoms. The number of aromatic amines is 1. The van der Waals surface area contributed by atoms with Gasteiger partial charge in [-0.1, -0.05) is 193 Å². The summed E-state index contributed by atoms with van der Waals surface area (Å²) < 4.78 is 6.59. The van der Waals surface area contributed by atoms with Crippen molar-refractivity contribution in [1.82, 2.24) is 20.6 Å². The predicted octanol–water partition coefficient (Wildman–Crippen LogP) is 20.3. The molecule has 0 unspecified atom stereocenters. The van der Waals surface area contributed by atoms with Crippen LogP contribution in [0.25, 0.3) is 0 Å². The van der Waals surface area contributed by atoms with Crippen molar-refractivity contribution in [3.63, 3.8) is 0 Å². The largest absolute Gasteiger partial charge is 0.355 e. The van der Waals surface area contributed by atoms with Crippen molar-refractivity contribution < 1.29 is 0 Å². The normalized spacial score (nSPS) is 15.3. The molecule has 0 spiro atoms. The first-order valence-electron chi connectivity index (χ1n) is 26.8. The fourth-order valence-corrected chi connectivity index (χ4v) is 14.0. The Kier molecular flexibility index (Phi) is 17.1. The number of hydrogen-bond acceptors (Lipinski definition) is 8. The summed E-state index contributed by atoms with van der Waals surface area (Å²) in [6, 6.07) is 58.0. The number of hydrogen-bond donors (Lipinski definition) is 3. The molecule has 0 saturated carbocycles. The Morgan fingerprint density at radius 3 is 1.10 bits per heavy atom. The molecule has 5 heterocycles. The number of nitrogens with zero attached hydrogens (tertiary/aromatic N) is 6. The molecule has 0 atom stereocenters. The van der Waals surface area contributed by atoms with E-state index in [2.05, 4.69) is 356 Å². The maximum absolute atomic E-state index is 8.99. The van der Waals surface area contributed by atoms with E-state index in [0.29, 0.717) is 13.0 Å². The minimum atomic E-state index is -0.0825. The number of H-pyrrole nitrogens is 1. The van der Waals surface area contributed by atoms with Crippen LogP contribution in [0, 0.1) is 11.3 Å². The van der Waals surface area contributed by atoms with Crippen molar-refractivity contribution in [2.24, 2.45) is 0 Å². The van der Waals surface area contributed by atoms with Gasteiger partial charge in [-0.25, -0.2) is 0 Å². The quantitative estimate of drug-likeness (QED) is 0.156. The maximum Gasteiger partial charge on any atom is 0.176 e. The third kappa shape index (κ3) is 11.7. The zero-order valence-electron chi connectivity index (χ0n) is 46.3. The number of benzene rings is 8. The highest BCUT2D eigenvalue weighted by molar-refractivity contribution is 9.11. The number of nitriles is 1. The third-order valence-electron chi connectivity index (χ3n) is 16.1. The minimum Gasteiger partial charge on any atom is -0.355 e. The average molecular weight is 1460 g/mol. The van der Waals surface area contributed by atoms with E-state index >= 15 is 0 Å². The van der Waals surface area contributed by atoms with Gasteiger partial charge in [0.25, 0.3) is 0 Å². The first kappa shape index (κ1) is 58.6. The van der Waals surface area contributed by atoms with E-state index in [1.54, 1.807) is 0 Å². The number of anilines is 8. The maximum atomic E-state index is 8.99. The van der Waals surface area contributed by atoms with Gasteiger partial charge >= 0.3 is 0 Å². The van der Waals surface area contributed by atoms with Crippen LogP contribution in [0.1, 0.15) is 112 Å². The van der Waals surface area contributed by atoms with E-state index in [9.17, 15) is 0 Å². The lowest BCUT2D eigenvalue weighted by Crippen LogP contribution is -2.34. The highest BCUT2D eigenvalue weighted by atomic mass is 79.9. The summed E-state index contributed by atoms with van der Waals surface area (Å²) in [5.41, 5.74) is 20.2. The zero-order valence-corrected chi connectivity index (χ0v) is 55.8. The van der Waals surface area contributed by atoms with Gasteiger partial charge in [0.1, 0.15) is 0 Å². The fraction of sp³-hybridized carbons (Fsp3) is 0.242. The molecule has 13 rings (SSSR count). The van der Waals surface area contributed by atoms with Crippen LogP contribution in [0.4, 0.5) is 45.5 Å². The number of para-hydroxylation sites is 2. The van der Waals surface area contributed by atoms with Crippen LogP contribution in [0.2, 0.25) is 0 Å². The molecule has 4 aliphatic heterocycles. The molecule has 0 amide bonds. The smallest absolute Gasteiger partial charge is 0.176 e. The molecule has 8 aromatic carbocycles. The molecular weight excluding hydrogens is 1400 g/mol. The third-order valence-corrected chi connectivity index (χ3v) is 19.1. The Bertz CT molecular complexity index is 3650. The topological polar surface area (TPSA) is 109 Å². The lowest BCUT2D eigenvalue weighted by molar-refractivity contribution is 0.622. The van der Waals surface area contributed by atoms with Crippen molar-refractivity contribution in [3.8, 4) is 6.07 Å². The summed E-state index contributed by atoms with van der Waals surface area (Å²) >= 11 is 21.6. The number of rotatable bonds is 5. The summed E-state index contributed by atoms with van der Waals surface area (Å²) in [6.45, 7) is 19.7. The second-order valence-electron chi connectivity index (χ2n) is 22.7. The first-order valence-corrected chi connectivity index (χ1v) is 31.5. The number of tetrazole rings is 1. The highest BCUT2D eigenvalue weighted by Crippen LogP contribution is 2.53. The van der Waals surface area contributed by atoms with Crippen LogP contribution in [-0.4, -0.2) is 33.7 Å². The van der Waals surface area contributed by atoms with Crippen LogP contribution < -0.4 is 20.4 Å². The molecule has 0 saturated heterocycles. The van der Waals surface area contributed by atoms with Gasteiger partial charge in [0.05, 0.1) is 12.5 Å². The highest BCUT2D eigenvalue weighted by Gasteiger charge is 2.39. The lowest BCUT2D eigenvalue weighted by atomic mass is 9.73. The van der Waals surface area contributed by atoms with Gasteiger partial charge in [-0.05, 0) is 166 Å². The van der Waals surface area contributed by atoms with Gasteiger partial charge in [0.15, 0.2) is 5.82 Å². The number of nitrogens with one attached hydrogen (secondary N) is 3. The van der Waals surface area contributed by atoms with Gasteiger partial charge in [-0.2, -0.15) is 10.5 Å². The van der Waals surface area contributed by atoms with Crippen LogP contribution >= 0.6 is 95.6 Å².